The van der Waals surface area contributed by atoms with Crippen LogP contribution in [0.25, 0.3) is 10.9 Å². The van der Waals surface area contributed by atoms with Crippen molar-refractivity contribution in [1.82, 2.24) is 9.97 Å². The minimum absolute atomic E-state index is 0.154. The van der Waals surface area contributed by atoms with Crippen molar-refractivity contribution in [1.29, 1.82) is 5.26 Å². The van der Waals surface area contributed by atoms with Crippen LogP contribution in [0.2, 0.25) is 0 Å². The van der Waals surface area contributed by atoms with Gasteiger partial charge in [0.15, 0.2) is 11.5 Å². The highest BCUT2D eigenvalue weighted by Gasteiger charge is 2.14. The lowest BCUT2D eigenvalue weighted by molar-refractivity contribution is 0.0224. The summed E-state index contributed by atoms with van der Waals surface area (Å²) in [5.74, 6) is 1.71. The lowest BCUT2D eigenvalue weighted by Gasteiger charge is -2.17. The molecule has 0 radical (unpaired) electrons. The van der Waals surface area contributed by atoms with E-state index in [0.29, 0.717) is 90.4 Å². The zero-order chi connectivity index (χ0) is 26.2. The standard InChI is InChI=1S/C28H25FN4O5/c29-21-3-1-2-19(10-21)17-38-23-12-20(16-30)11-22(13-23)33-28-24-14-26-27(15-25(24)31-18-32-28)37-9-7-35-5-4-34-6-8-36-26/h1-3,10-15,18H,4-9,17H2,(H,31,32,33). The average Bonchev–Trinajstić information content (AvgIpc) is 2.92. The predicted octanol–water partition coefficient (Wildman–Crippen LogP) is 4.77. The molecule has 0 spiro atoms. The second-order valence-corrected chi connectivity index (χ2v) is 8.36. The van der Waals surface area contributed by atoms with Gasteiger partial charge in [0, 0.05) is 23.2 Å². The summed E-state index contributed by atoms with van der Waals surface area (Å²) >= 11 is 0. The van der Waals surface area contributed by atoms with E-state index in [2.05, 4.69) is 21.4 Å². The second-order valence-electron chi connectivity index (χ2n) is 8.36. The lowest BCUT2D eigenvalue weighted by Crippen LogP contribution is -2.15. The molecule has 38 heavy (non-hydrogen) atoms. The highest BCUT2D eigenvalue weighted by molar-refractivity contribution is 5.93. The molecule has 1 aromatic heterocycles. The van der Waals surface area contributed by atoms with Crippen LogP contribution in [0.15, 0.2) is 60.9 Å². The van der Waals surface area contributed by atoms with Crippen molar-refractivity contribution in [2.75, 3.05) is 45.0 Å². The summed E-state index contributed by atoms with van der Waals surface area (Å²) in [6, 6.07) is 17.0. The molecule has 2 heterocycles. The van der Waals surface area contributed by atoms with Crippen LogP contribution in [0.4, 0.5) is 15.9 Å². The monoisotopic (exact) mass is 516 g/mol. The van der Waals surface area contributed by atoms with Crippen LogP contribution < -0.4 is 19.5 Å². The molecular formula is C28H25FN4O5. The fourth-order valence-corrected chi connectivity index (χ4v) is 3.88. The minimum Gasteiger partial charge on any atom is -0.489 e. The van der Waals surface area contributed by atoms with Gasteiger partial charge in [-0.15, -0.1) is 0 Å². The Bertz CT molecular complexity index is 1460. The number of fused-ring (bicyclic) bond motifs is 2. The number of anilines is 2. The third kappa shape index (κ3) is 6.45. The molecule has 10 heteroatoms. The van der Waals surface area contributed by atoms with Crippen LogP contribution in [0.5, 0.6) is 17.2 Å². The van der Waals surface area contributed by atoms with Gasteiger partial charge >= 0.3 is 0 Å². The summed E-state index contributed by atoms with van der Waals surface area (Å²) in [5.41, 5.74) is 2.31. The number of hydrogen-bond acceptors (Lipinski definition) is 9. The molecule has 0 aliphatic carbocycles. The Morgan fingerprint density at radius 1 is 0.895 bits per heavy atom. The molecule has 0 unspecified atom stereocenters. The normalized spacial score (nSPS) is 14.1. The van der Waals surface area contributed by atoms with Gasteiger partial charge < -0.3 is 29.0 Å². The van der Waals surface area contributed by atoms with Crippen molar-refractivity contribution in [3.63, 3.8) is 0 Å². The number of nitrogens with one attached hydrogen (secondary N) is 1. The van der Waals surface area contributed by atoms with Crippen molar-refractivity contribution in [2.45, 2.75) is 6.61 Å². The number of hydrogen-bond donors (Lipinski definition) is 1. The van der Waals surface area contributed by atoms with Gasteiger partial charge in [0.1, 0.15) is 43.5 Å². The molecule has 0 amide bonds. The second kappa shape index (κ2) is 12.2. The van der Waals surface area contributed by atoms with Crippen molar-refractivity contribution in [3.05, 3.63) is 77.9 Å². The van der Waals surface area contributed by atoms with E-state index < -0.39 is 0 Å². The molecule has 0 atom stereocenters. The Kier molecular flexibility index (Phi) is 8.08. The van der Waals surface area contributed by atoms with Crippen LogP contribution in [0.3, 0.4) is 0 Å². The first-order valence-electron chi connectivity index (χ1n) is 12.1. The van der Waals surface area contributed by atoms with Crippen LogP contribution >= 0.6 is 0 Å². The zero-order valence-electron chi connectivity index (χ0n) is 20.5. The number of benzene rings is 3. The number of nitrogens with zero attached hydrogens (tertiary/aromatic N) is 3. The molecule has 1 aliphatic heterocycles. The van der Waals surface area contributed by atoms with E-state index >= 15 is 0 Å². The Hall–Kier alpha value is -4.46. The number of ether oxygens (including phenoxy) is 5. The Labute approximate surface area is 218 Å². The smallest absolute Gasteiger partial charge is 0.163 e. The molecule has 9 nitrogen and oxygen atoms in total. The molecular weight excluding hydrogens is 491 g/mol. The van der Waals surface area contributed by atoms with Crippen molar-refractivity contribution in [3.8, 4) is 23.3 Å². The maximum absolute atomic E-state index is 13.5. The van der Waals surface area contributed by atoms with E-state index in [-0.39, 0.29) is 12.4 Å². The molecule has 3 aromatic carbocycles. The fraction of sp³-hybridized carbons (Fsp3) is 0.250. The van der Waals surface area contributed by atoms with E-state index in [9.17, 15) is 9.65 Å². The Balaban J connectivity index is 1.41. The highest BCUT2D eigenvalue weighted by atomic mass is 19.1. The topological polar surface area (TPSA) is 108 Å². The average molecular weight is 517 g/mol. The van der Waals surface area contributed by atoms with Gasteiger partial charge in [0.05, 0.1) is 43.6 Å². The van der Waals surface area contributed by atoms with Crippen LogP contribution in [0, 0.1) is 17.1 Å². The molecule has 5 rings (SSSR count). The molecule has 194 valence electrons. The van der Waals surface area contributed by atoms with E-state index in [0.717, 1.165) is 0 Å². The van der Waals surface area contributed by atoms with E-state index in [4.69, 9.17) is 23.7 Å². The first-order chi connectivity index (χ1) is 18.7. The quantitative estimate of drug-likeness (QED) is 0.401. The lowest BCUT2D eigenvalue weighted by atomic mass is 10.1. The molecule has 1 N–H and O–H groups in total. The number of rotatable bonds is 5. The molecule has 1 aliphatic rings. The number of nitriles is 1. The first kappa shape index (κ1) is 25.2. The van der Waals surface area contributed by atoms with Crippen molar-refractivity contribution >= 4 is 22.4 Å². The summed E-state index contributed by atoms with van der Waals surface area (Å²) in [6.45, 7) is 2.69. The van der Waals surface area contributed by atoms with Crippen LogP contribution in [0.1, 0.15) is 11.1 Å². The maximum atomic E-state index is 13.5. The molecule has 4 aromatic rings. The van der Waals surface area contributed by atoms with Gasteiger partial charge in [-0.3, -0.25) is 0 Å². The van der Waals surface area contributed by atoms with E-state index in [1.54, 1.807) is 36.4 Å². The van der Waals surface area contributed by atoms with Crippen molar-refractivity contribution in [2.24, 2.45) is 0 Å². The van der Waals surface area contributed by atoms with Crippen LogP contribution in [-0.4, -0.2) is 49.6 Å². The summed E-state index contributed by atoms with van der Waals surface area (Å²) < 4.78 is 42.2. The van der Waals surface area contributed by atoms with Gasteiger partial charge in [-0.2, -0.15) is 5.26 Å². The fourth-order valence-electron chi connectivity index (χ4n) is 3.88. The van der Waals surface area contributed by atoms with Gasteiger partial charge in [0.2, 0.25) is 0 Å². The van der Waals surface area contributed by atoms with Gasteiger partial charge in [0.25, 0.3) is 0 Å². The van der Waals surface area contributed by atoms with Crippen LogP contribution in [-0.2, 0) is 16.1 Å². The third-order valence-electron chi connectivity index (χ3n) is 5.64. The number of halogens is 1. The maximum Gasteiger partial charge on any atom is 0.163 e. The molecule has 0 bridgehead atoms. The first-order valence-corrected chi connectivity index (χ1v) is 12.1. The highest BCUT2D eigenvalue weighted by Crippen LogP contribution is 2.35. The van der Waals surface area contributed by atoms with E-state index in [1.807, 2.05) is 6.07 Å². The largest absolute Gasteiger partial charge is 0.489 e. The van der Waals surface area contributed by atoms with Gasteiger partial charge in [-0.05, 0) is 35.9 Å². The third-order valence-corrected chi connectivity index (χ3v) is 5.64. The molecule has 0 saturated carbocycles. The number of aromatic nitrogens is 2. The van der Waals surface area contributed by atoms with Gasteiger partial charge in [-0.25, -0.2) is 14.4 Å². The summed E-state index contributed by atoms with van der Waals surface area (Å²) in [4.78, 5) is 8.81. The summed E-state index contributed by atoms with van der Waals surface area (Å²) in [6.07, 6.45) is 1.44. The van der Waals surface area contributed by atoms with E-state index in [1.165, 1.54) is 18.5 Å². The zero-order valence-corrected chi connectivity index (χ0v) is 20.5. The minimum atomic E-state index is -0.337. The van der Waals surface area contributed by atoms with Crippen molar-refractivity contribution < 1.29 is 28.1 Å². The van der Waals surface area contributed by atoms with Gasteiger partial charge in [-0.1, -0.05) is 12.1 Å². The SMILES string of the molecule is N#Cc1cc(Nc2ncnc3cc4c(cc23)OCCOCCOCCO4)cc(OCc2cccc(F)c2)c1. The Morgan fingerprint density at radius 2 is 1.66 bits per heavy atom. The summed E-state index contributed by atoms with van der Waals surface area (Å²) in [5, 5.41) is 13.5. The molecule has 0 fully saturated rings. The summed E-state index contributed by atoms with van der Waals surface area (Å²) in [7, 11) is 0. The Morgan fingerprint density at radius 3 is 2.42 bits per heavy atom. The predicted molar refractivity (Wildman–Crippen MR) is 137 cm³/mol. The molecule has 0 saturated heterocycles.